The first-order chi connectivity index (χ1) is 17.9. The number of nitrogens with one attached hydrogen (secondary N) is 2. The van der Waals surface area contributed by atoms with Crippen molar-refractivity contribution in [2.45, 2.75) is 6.54 Å². The van der Waals surface area contributed by atoms with E-state index in [1.165, 1.54) is 20.3 Å². The van der Waals surface area contributed by atoms with E-state index >= 15 is 4.39 Å². The highest BCUT2D eigenvalue weighted by atomic mass is 35.5. The number of carbonyl (C=O) groups is 1. The first-order valence-electron chi connectivity index (χ1n) is 11.7. The van der Waals surface area contributed by atoms with Crippen LogP contribution in [0.1, 0.15) is 5.56 Å². The van der Waals surface area contributed by atoms with Crippen LogP contribution in [0.4, 0.5) is 16.0 Å². The lowest BCUT2D eigenvalue weighted by molar-refractivity contribution is -0.124. The number of methoxy groups -OCH3 is 2. The van der Waals surface area contributed by atoms with Gasteiger partial charge >= 0.3 is 0 Å². The minimum atomic E-state index is -0.558. The summed E-state index contributed by atoms with van der Waals surface area (Å²) in [6, 6.07) is 12.7. The Bertz CT molecular complexity index is 1440. The van der Waals surface area contributed by atoms with Crippen LogP contribution in [0, 0.1) is 5.82 Å². The number of hydrogen-bond donors (Lipinski definition) is 2. The van der Waals surface area contributed by atoms with E-state index in [2.05, 4.69) is 25.5 Å². The van der Waals surface area contributed by atoms with Gasteiger partial charge in [0.2, 0.25) is 5.91 Å². The maximum Gasteiger partial charge on any atom is 0.234 e. The van der Waals surface area contributed by atoms with Crippen LogP contribution in [0.3, 0.4) is 0 Å². The molecule has 2 aromatic carbocycles. The second-order valence-corrected chi connectivity index (χ2v) is 9.03. The standard InChI is InChI=1S/C27H25ClFN5O3/c1-36-20-11-21(37-2)27(29)25(26(20)28)18-5-4-17-10-23(32-13-19(17)9-18)33-22-6-3-16(12-31-22)14-34-8-7-30-24(35)15-34/h3-6,9-13H,7-8,14-15H2,1-2H3,(H,30,35)(H,31,32,33). The van der Waals surface area contributed by atoms with E-state index in [0.29, 0.717) is 42.6 Å². The van der Waals surface area contributed by atoms with Crippen LogP contribution in [0.25, 0.3) is 21.9 Å². The molecule has 190 valence electrons. The van der Waals surface area contributed by atoms with Gasteiger partial charge in [-0.3, -0.25) is 9.69 Å². The van der Waals surface area contributed by atoms with Crippen LogP contribution in [0.2, 0.25) is 5.02 Å². The summed E-state index contributed by atoms with van der Waals surface area (Å²) in [6.07, 6.45) is 3.50. The van der Waals surface area contributed by atoms with Gasteiger partial charge in [0.1, 0.15) is 17.4 Å². The third kappa shape index (κ3) is 5.28. The molecule has 0 unspecified atom stereocenters. The van der Waals surface area contributed by atoms with Crippen molar-refractivity contribution in [3.8, 4) is 22.6 Å². The molecule has 1 aliphatic rings. The number of pyridine rings is 2. The Balaban J connectivity index is 1.35. The summed E-state index contributed by atoms with van der Waals surface area (Å²) >= 11 is 6.44. The summed E-state index contributed by atoms with van der Waals surface area (Å²) in [6.45, 7) is 2.55. The van der Waals surface area contributed by atoms with Gasteiger partial charge in [-0.15, -0.1) is 0 Å². The van der Waals surface area contributed by atoms with Gasteiger partial charge in [0.05, 0.1) is 25.8 Å². The lowest BCUT2D eigenvalue weighted by atomic mass is 10.0. The average Bonchev–Trinajstić information content (AvgIpc) is 2.90. The molecule has 0 spiro atoms. The second-order valence-electron chi connectivity index (χ2n) is 8.65. The zero-order valence-corrected chi connectivity index (χ0v) is 21.1. The number of aromatic nitrogens is 2. The number of halogens is 2. The Morgan fingerprint density at radius 3 is 2.57 bits per heavy atom. The minimum Gasteiger partial charge on any atom is -0.495 e. The van der Waals surface area contributed by atoms with Crippen LogP contribution >= 0.6 is 11.6 Å². The number of rotatable bonds is 7. The summed E-state index contributed by atoms with van der Waals surface area (Å²) < 4.78 is 25.5. The number of anilines is 2. The van der Waals surface area contributed by atoms with Gasteiger partial charge in [0.15, 0.2) is 11.6 Å². The first kappa shape index (κ1) is 24.7. The molecular formula is C27H25ClFN5O3. The molecule has 0 atom stereocenters. The van der Waals surface area contributed by atoms with E-state index in [-0.39, 0.29) is 22.2 Å². The van der Waals surface area contributed by atoms with Crippen LogP contribution in [0.15, 0.2) is 54.9 Å². The number of fused-ring (bicyclic) bond motifs is 1. The summed E-state index contributed by atoms with van der Waals surface area (Å²) in [4.78, 5) is 22.6. The normalized spacial score (nSPS) is 13.9. The topological polar surface area (TPSA) is 88.6 Å². The van der Waals surface area contributed by atoms with Crippen molar-refractivity contribution in [1.82, 2.24) is 20.2 Å². The number of hydrogen-bond acceptors (Lipinski definition) is 7. The Morgan fingerprint density at radius 1 is 1.03 bits per heavy atom. The highest BCUT2D eigenvalue weighted by Crippen LogP contribution is 2.42. The maximum atomic E-state index is 15.1. The Morgan fingerprint density at radius 2 is 1.84 bits per heavy atom. The molecule has 1 fully saturated rings. The molecule has 8 nitrogen and oxygen atoms in total. The molecule has 2 aromatic heterocycles. The average molecular weight is 522 g/mol. The van der Waals surface area contributed by atoms with Crippen molar-refractivity contribution in [1.29, 1.82) is 0 Å². The number of nitrogens with zero attached hydrogens (tertiary/aromatic N) is 3. The summed E-state index contributed by atoms with van der Waals surface area (Å²) in [5.41, 5.74) is 1.81. The quantitative estimate of drug-likeness (QED) is 0.362. The van der Waals surface area contributed by atoms with E-state index in [0.717, 1.165) is 22.9 Å². The van der Waals surface area contributed by atoms with E-state index in [1.54, 1.807) is 18.5 Å². The van der Waals surface area contributed by atoms with Crippen molar-refractivity contribution >= 4 is 39.9 Å². The fraction of sp³-hybridized carbons (Fsp3) is 0.222. The number of ether oxygens (including phenoxy) is 2. The van der Waals surface area contributed by atoms with Gasteiger partial charge in [-0.1, -0.05) is 29.8 Å². The van der Waals surface area contributed by atoms with Gasteiger partial charge in [-0.2, -0.15) is 0 Å². The van der Waals surface area contributed by atoms with Crippen LogP contribution in [-0.2, 0) is 11.3 Å². The molecular weight excluding hydrogens is 497 g/mol. The second kappa shape index (κ2) is 10.6. The van der Waals surface area contributed by atoms with E-state index in [4.69, 9.17) is 21.1 Å². The van der Waals surface area contributed by atoms with E-state index in [1.807, 2.05) is 30.3 Å². The third-order valence-corrected chi connectivity index (χ3v) is 6.56. The zero-order chi connectivity index (χ0) is 25.9. The third-order valence-electron chi connectivity index (χ3n) is 6.19. The van der Waals surface area contributed by atoms with Gasteiger partial charge in [-0.25, -0.2) is 14.4 Å². The largest absolute Gasteiger partial charge is 0.495 e. The van der Waals surface area contributed by atoms with E-state index < -0.39 is 5.82 Å². The molecule has 1 amide bonds. The molecule has 0 bridgehead atoms. The summed E-state index contributed by atoms with van der Waals surface area (Å²) in [7, 11) is 2.86. The summed E-state index contributed by atoms with van der Waals surface area (Å²) in [5, 5.41) is 7.94. The fourth-order valence-electron chi connectivity index (χ4n) is 4.31. The van der Waals surface area contributed by atoms with Gasteiger partial charge in [0, 0.05) is 49.0 Å². The Kier molecular flexibility index (Phi) is 7.07. The molecule has 1 aliphatic heterocycles. The number of amides is 1. The fourth-order valence-corrected chi connectivity index (χ4v) is 4.64. The zero-order valence-electron chi connectivity index (χ0n) is 20.3. The van der Waals surface area contributed by atoms with Crippen molar-refractivity contribution in [3.63, 3.8) is 0 Å². The lowest BCUT2D eigenvalue weighted by Gasteiger charge is -2.26. The van der Waals surface area contributed by atoms with Crippen LogP contribution in [-0.4, -0.2) is 54.6 Å². The van der Waals surface area contributed by atoms with Gasteiger partial charge in [0.25, 0.3) is 0 Å². The molecule has 3 heterocycles. The number of piperazine rings is 1. The van der Waals surface area contributed by atoms with Gasteiger partial charge < -0.3 is 20.1 Å². The molecule has 4 aromatic rings. The molecule has 37 heavy (non-hydrogen) atoms. The van der Waals surface area contributed by atoms with Crippen molar-refractivity contribution in [2.75, 3.05) is 39.2 Å². The predicted octanol–water partition coefficient (Wildman–Crippen LogP) is 4.78. The van der Waals surface area contributed by atoms with E-state index in [9.17, 15) is 4.79 Å². The molecule has 0 radical (unpaired) electrons. The van der Waals surface area contributed by atoms with Crippen molar-refractivity contribution in [3.05, 3.63) is 71.3 Å². The Hall–Kier alpha value is -3.95. The SMILES string of the molecule is COc1cc(OC)c(Cl)c(-c2ccc3cc(Nc4ccc(CN5CCNC(=O)C5)cn4)ncc3c2)c1F. The summed E-state index contributed by atoms with van der Waals surface area (Å²) in [5.74, 6) is 1.14. The molecule has 0 saturated carbocycles. The molecule has 2 N–H and O–H groups in total. The Labute approximate surface area is 218 Å². The smallest absolute Gasteiger partial charge is 0.234 e. The molecule has 1 saturated heterocycles. The molecule has 0 aliphatic carbocycles. The monoisotopic (exact) mass is 521 g/mol. The minimum absolute atomic E-state index is 0.0449. The van der Waals surface area contributed by atoms with Crippen LogP contribution in [0.5, 0.6) is 11.5 Å². The number of carbonyl (C=O) groups excluding carboxylic acids is 1. The number of benzene rings is 2. The first-order valence-corrected chi connectivity index (χ1v) is 12.0. The van der Waals surface area contributed by atoms with Crippen molar-refractivity contribution in [2.24, 2.45) is 0 Å². The van der Waals surface area contributed by atoms with Crippen LogP contribution < -0.4 is 20.1 Å². The van der Waals surface area contributed by atoms with Gasteiger partial charge in [-0.05, 0) is 34.7 Å². The molecule has 10 heteroatoms. The van der Waals surface area contributed by atoms with Crippen molar-refractivity contribution < 1.29 is 18.7 Å². The highest BCUT2D eigenvalue weighted by molar-refractivity contribution is 6.35. The predicted molar refractivity (Wildman–Crippen MR) is 141 cm³/mol. The highest BCUT2D eigenvalue weighted by Gasteiger charge is 2.20. The maximum absolute atomic E-state index is 15.1. The molecule has 5 rings (SSSR count). The lowest BCUT2D eigenvalue weighted by Crippen LogP contribution is -2.47.